The van der Waals surface area contributed by atoms with Crippen molar-refractivity contribution in [3.05, 3.63) is 29.8 Å². The summed E-state index contributed by atoms with van der Waals surface area (Å²) in [6.07, 6.45) is 0.746. The number of nitrogens with two attached hydrogens (primary N) is 1. The molecule has 2 N–H and O–H groups in total. The van der Waals surface area contributed by atoms with E-state index < -0.39 is 0 Å². The molecule has 0 atom stereocenters. The Kier molecular flexibility index (Phi) is 4.59. The molecule has 2 rings (SSSR count). The van der Waals surface area contributed by atoms with E-state index in [1.54, 1.807) is 11.8 Å². The van der Waals surface area contributed by atoms with Crippen LogP contribution < -0.4 is 10.5 Å². The molecule has 1 aromatic heterocycles. The van der Waals surface area contributed by atoms with Crippen molar-refractivity contribution in [2.75, 3.05) is 33.5 Å². The number of hydrogen-bond donors (Lipinski definition) is 1. The van der Waals surface area contributed by atoms with Crippen molar-refractivity contribution in [3.63, 3.8) is 0 Å². The number of nitrogen functional groups attached to an aromatic ring is 1. The van der Waals surface area contributed by atoms with E-state index in [1.165, 1.54) is 0 Å². The van der Waals surface area contributed by atoms with Gasteiger partial charge in [0.15, 0.2) is 6.29 Å². The van der Waals surface area contributed by atoms with Crippen molar-refractivity contribution >= 4 is 12.1 Å². The third-order valence-electron chi connectivity index (χ3n) is 3.27. The van der Waals surface area contributed by atoms with Gasteiger partial charge < -0.3 is 15.4 Å². The summed E-state index contributed by atoms with van der Waals surface area (Å²) >= 11 is 0. The molecule has 0 saturated heterocycles. The molecule has 0 aliphatic heterocycles. The van der Waals surface area contributed by atoms with Crippen molar-refractivity contribution in [2.24, 2.45) is 0 Å². The molecule has 0 amide bonds. The Morgan fingerprint density at radius 2 is 2.10 bits per heavy atom. The number of anilines is 1. The summed E-state index contributed by atoms with van der Waals surface area (Å²) in [7, 11) is 5.54. The Morgan fingerprint density at radius 3 is 2.71 bits per heavy atom. The second kappa shape index (κ2) is 6.41. The maximum absolute atomic E-state index is 11.4. The minimum absolute atomic E-state index is 0.382. The van der Waals surface area contributed by atoms with Gasteiger partial charge in [-0.1, -0.05) is 12.1 Å². The number of methoxy groups -OCH3 is 1. The normalized spacial score (nSPS) is 10.9. The largest absolute Gasteiger partial charge is 0.496 e. The first kappa shape index (κ1) is 15.1. The van der Waals surface area contributed by atoms with Crippen LogP contribution in [0, 0.1) is 0 Å². The monoisotopic (exact) mass is 288 g/mol. The first-order chi connectivity index (χ1) is 10.1. The fourth-order valence-electron chi connectivity index (χ4n) is 2.11. The maximum atomic E-state index is 11.4. The van der Waals surface area contributed by atoms with Crippen LogP contribution >= 0.6 is 0 Å². The summed E-state index contributed by atoms with van der Waals surface area (Å²) in [6, 6.07) is 7.44. The molecule has 0 aliphatic rings. The molecule has 0 fully saturated rings. The zero-order valence-electron chi connectivity index (χ0n) is 12.5. The van der Waals surface area contributed by atoms with Crippen LogP contribution in [-0.4, -0.2) is 48.7 Å². The van der Waals surface area contributed by atoms with Crippen LogP contribution in [0.3, 0.4) is 0 Å². The summed E-state index contributed by atoms with van der Waals surface area (Å²) in [6.45, 7) is 1.41. The number of hydrogen-bond acceptors (Lipinski definition) is 5. The summed E-state index contributed by atoms with van der Waals surface area (Å²) in [5.74, 6) is 1.05. The minimum atomic E-state index is 0.382. The average molecular weight is 288 g/mol. The highest BCUT2D eigenvalue weighted by molar-refractivity contribution is 5.92. The highest BCUT2D eigenvalue weighted by Gasteiger charge is 2.19. The van der Waals surface area contributed by atoms with Crippen molar-refractivity contribution in [3.8, 4) is 17.0 Å². The third kappa shape index (κ3) is 3.05. The number of ether oxygens (including phenoxy) is 1. The third-order valence-corrected chi connectivity index (χ3v) is 3.27. The Labute approximate surface area is 124 Å². The molecule has 6 heteroatoms. The van der Waals surface area contributed by atoms with Gasteiger partial charge in [-0.15, -0.1) is 0 Å². The van der Waals surface area contributed by atoms with Gasteiger partial charge >= 0.3 is 0 Å². The van der Waals surface area contributed by atoms with Gasteiger partial charge in [0.2, 0.25) is 0 Å². The van der Waals surface area contributed by atoms with Crippen molar-refractivity contribution in [1.82, 2.24) is 14.7 Å². The molecule has 0 spiro atoms. The Bertz CT molecular complexity index is 635. The smallest absolute Gasteiger partial charge is 0.156 e. The lowest BCUT2D eigenvalue weighted by Crippen LogP contribution is -2.20. The molecule has 6 nitrogen and oxygen atoms in total. The van der Waals surface area contributed by atoms with Gasteiger partial charge in [-0.25, -0.2) is 4.68 Å². The molecule has 21 heavy (non-hydrogen) atoms. The number of carbonyl (C=O) groups excluding carboxylic acids is 1. The zero-order valence-corrected chi connectivity index (χ0v) is 12.5. The lowest BCUT2D eigenvalue weighted by molar-refractivity contribution is 0.112. The average Bonchev–Trinajstić information content (AvgIpc) is 2.81. The molecule has 0 aliphatic carbocycles. The fraction of sp³-hybridized carbons (Fsp3) is 0.333. The summed E-state index contributed by atoms with van der Waals surface area (Å²) < 4.78 is 6.99. The molecular weight excluding hydrogens is 268 g/mol. The number of para-hydroxylation sites is 1. The number of aldehydes is 1. The van der Waals surface area contributed by atoms with Crippen LogP contribution in [0.5, 0.6) is 5.75 Å². The second-order valence-corrected chi connectivity index (χ2v) is 4.99. The summed E-state index contributed by atoms with van der Waals surface area (Å²) in [4.78, 5) is 13.4. The van der Waals surface area contributed by atoms with Crippen LogP contribution in [0.2, 0.25) is 0 Å². The van der Waals surface area contributed by atoms with Crippen LogP contribution in [0.15, 0.2) is 24.3 Å². The van der Waals surface area contributed by atoms with Crippen LogP contribution in [0.1, 0.15) is 10.4 Å². The van der Waals surface area contributed by atoms with Crippen LogP contribution in [0.25, 0.3) is 11.3 Å². The van der Waals surface area contributed by atoms with Gasteiger partial charge in [-0.3, -0.25) is 4.79 Å². The molecule has 1 aromatic carbocycles. The summed E-state index contributed by atoms with van der Waals surface area (Å²) in [5.41, 5.74) is 7.76. The van der Waals surface area contributed by atoms with Gasteiger partial charge in [0.25, 0.3) is 0 Å². The SMILES string of the molecule is COc1ccccc1-c1nn(CCN(C)C)c(N)c1C=O. The van der Waals surface area contributed by atoms with E-state index >= 15 is 0 Å². The Balaban J connectivity index is 2.48. The van der Waals surface area contributed by atoms with E-state index in [-0.39, 0.29) is 0 Å². The van der Waals surface area contributed by atoms with Gasteiger partial charge in [-0.2, -0.15) is 5.10 Å². The van der Waals surface area contributed by atoms with E-state index in [0.717, 1.165) is 18.4 Å². The maximum Gasteiger partial charge on any atom is 0.156 e. The van der Waals surface area contributed by atoms with Gasteiger partial charge in [0.05, 0.1) is 19.2 Å². The molecule has 1 heterocycles. The van der Waals surface area contributed by atoms with Crippen LogP contribution in [0.4, 0.5) is 5.82 Å². The molecule has 0 bridgehead atoms. The van der Waals surface area contributed by atoms with Crippen molar-refractivity contribution in [2.45, 2.75) is 6.54 Å². The zero-order chi connectivity index (χ0) is 15.4. The molecule has 0 unspecified atom stereocenters. The van der Waals surface area contributed by atoms with Crippen LogP contribution in [-0.2, 0) is 6.54 Å². The quantitative estimate of drug-likeness (QED) is 0.816. The molecule has 2 aromatic rings. The van der Waals surface area contributed by atoms with Gasteiger partial charge in [0.1, 0.15) is 17.3 Å². The minimum Gasteiger partial charge on any atom is -0.496 e. The predicted octanol–water partition coefficient (Wildman–Crippen LogP) is 1.51. The standard InChI is InChI=1S/C15H20N4O2/c1-18(2)8-9-19-15(16)12(10-20)14(17-19)11-6-4-5-7-13(11)21-3/h4-7,10H,8-9,16H2,1-3H3. The molecule has 112 valence electrons. The van der Waals surface area contributed by atoms with E-state index in [2.05, 4.69) is 5.10 Å². The number of carbonyl (C=O) groups is 1. The topological polar surface area (TPSA) is 73.4 Å². The number of aromatic nitrogens is 2. The molecule has 0 saturated carbocycles. The van der Waals surface area contributed by atoms with E-state index in [0.29, 0.717) is 29.4 Å². The van der Waals surface area contributed by atoms with E-state index in [4.69, 9.17) is 10.5 Å². The van der Waals surface area contributed by atoms with Gasteiger partial charge in [0, 0.05) is 12.1 Å². The number of rotatable bonds is 6. The highest BCUT2D eigenvalue weighted by Crippen LogP contribution is 2.32. The predicted molar refractivity (Wildman–Crippen MR) is 82.6 cm³/mol. The Hall–Kier alpha value is -2.34. The fourth-order valence-corrected chi connectivity index (χ4v) is 2.11. The lowest BCUT2D eigenvalue weighted by atomic mass is 10.1. The van der Waals surface area contributed by atoms with Crippen molar-refractivity contribution < 1.29 is 9.53 Å². The number of likely N-dealkylation sites (N-methyl/N-ethyl adjacent to an activating group) is 1. The van der Waals surface area contributed by atoms with Crippen molar-refractivity contribution in [1.29, 1.82) is 0 Å². The molecular formula is C15H20N4O2. The van der Waals surface area contributed by atoms with Gasteiger partial charge in [-0.05, 0) is 26.2 Å². The lowest BCUT2D eigenvalue weighted by Gasteiger charge is -2.10. The van der Waals surface area contributed by atoms with E-state index in [1.807, 2.05) is 43.3 Å². The highest BCUT2D eigenvalue weighted by atomic mass is 16.5. The summed E-state index contributed by atoms with van der Waals surface area (Å²) in [5, 5.41) is 4.49. The first-order valence-corrected chi connectivity index (χ1v) is 6.68. The first-order valence-electron chi connectivity index (χ1n) is 6.68. The second-order valence-electron chi connectivity index (χ2n) is 4.99. The van der Waals surface area contributed by atoms with E-state index in [9.17, 15) is 4.79 Å². The number of nitrogens with zero attached hydrogens (tertiary/aromatic N) is 3. The Morgan fingerprint density at radius 1 is 1.38 bits per heavy atom. The number of benzene rings is 1. The molecule has 0 radical (unpaired) electrons.